The summed E-state index contributed by atoms with van der Waals surface area (Å²) in [5.41, 5.74) is 2.40. The highest BCUT2D eigenvalue weighted by atomic mass is 32.1. The van der Waals surface area contributed by atoms with E-state index in [0.717, 1.165) is 22.4 Å². The van der Waals surface area contributed by atoms with Crippen LogP contribution in [-0.2, 0) is 16.1 Å². The lowest BCUT2D eigenvalue weighted by atomic mass is 9.98. The van der Waals surface area contributed by atoms with Crippen LogP contribution in [0.2, 0.25) is 0 Å². The Balaban J connectivity index is 1.77. The number of benzene rings is 1. The second kappa shape index (κ2) is 9.36. The van der Waals surface area contributed by atoms with Gasteiger partial charge in [-0.05, 0) is 72.3 Å². The molecular formula is C25H24N2O4S. The Morgan fingerprint density at radius 1 is 1.12 bits per heavy atom. The lowest BCUT2D eigenvalue weighted by Gasteiger charge is -2.25. The number of pyridine rings is 1. The minimum Gasteiger partial charge on any atom is -0.507 e. The number of thiophene rings is 1. The minimum atomic E-state index is -0.680. The van der Waals surface area contributed by atoms with E-state index < -0.39 is 17.7 Å². The Bertz CT molecular complexity index is 1150. The van der Waals surface area contributed by atoms with E-state index in [1.54, 1.807) is 36.7 Å². The molecule has 0 radical (unpaired) electrons. The molecule has 1 amide bonds. The average molecular weight is 449 g/mol. The first-order valence-corrected chi connectivity index (χ1v) is 11.3. The Hall–Kier alpha value is -3.45. The summed E-state index contributed by atoms with van der Waals surface area (Å²) in [5.74, 6) is -0.794. The van der Waals surface area contributed by atoms with Crippen LogP contribution in [0.5, 0.6) is 5.75 Å². The van der Waals surface area contributed by atoms with E-state index in [-0.39, 0.29) is 17.9 Å². The van der Waals surface area contributed by atoms with Crippen LogP contribution in [0.1, 0.15) is 41.0 Å². The van der Waals surface area contributed by atoms with Gasteiger partial charge in [0.2, 0.25) is 0 Å². The predicted molar refractivity (Wildman–Crippen MR) is 123 cm³/mol. The van der Waals surface area contributed by atoms with E-state index in [4.69, 9.17) is 4.74 Å². The Morgan fingerprint density at radius 3 is 2.47 bits per heavy atom. The van der Waals surface area contributed by atoms with E-state index in [1.165, 1.54) is 16.2 Å². The first-order chi connectivity index (χ1) is 15.5. The summed E-state index contributed by atoms with van der Waals surface area (Å²) in [6.07, 6.45) is 4.20. The van der Waals surface area contributed by atoms with Gasteiger partial charge in [-0.2, -0.15) is 0 Å². The molecule has 1 N–H and O–H groups in total. The molecule has 1 fully saturated rings. The fraction of sp³-hybridized carbons (Fsp3) is 0.240. The van der Waals surface area contributed by atoms with Crippen LogP contribution in [0, 0.1) is 6.92 Å². The third-order valence-electron chi connectivity index (χ3n) is 5.39. The van der Waals surface area contributed by atoms with Crippen molar-refractivity contribution in [2.45, 2.75) is 32.9 Å². The van der Waals surface area contributed by atoms with Gasteiger partial charge in [-0.1, -0.05) is 6.92 Å². The molecule has 3 aromatic rings. The van der Waals surface area contributed by atoms with Gasteiger partial charge in [-0.15, -0.1) is 11.3 Å². The monoisotopic (exact) mass is 448 g/mol. The molecule has 1 aromatic carbocycles. The van der Waals surface area contributed by atoms with Crippen molar-refractivity contribution >= 4 is 28.8 Å². The van der Waals surface area contributed by atoms with Crippen molar-refractivity contribution in [2.75, 3.05) is 6.61 Å². The van der Waals surface area contributed by atoms with Crippen molar-refractivity contribution in [3.05, 3.63) is 87.4 Å². The molecular weight excluding hydrogens is 424 g/mol. The van der Waals surface area contributed by atoms with Gasteiger partial charge in [-0.3, -0.25) is 14.6 Å². The third-order valence-corrected chi connectivity index (χ3v) is 6.46. The second-order valence-electron chi connectivity index (χ2n) is 7.62. The summed E-state index contributed by atoms with van der Waals surface area (Å²) in [5, 5.41) is 13.1. The number of nitrogens with zero attached hydrogens (tertiary/aromatic N) is 2. The van der Waals surface area contributed by atoms with E-state index in [2.05, 4.69) is 4.98 Å². The molecule has 164 valence electrons. The fourth-order valence-corrected chi connectivity index (χ4v) is 4.80. The number of hydrogen-bond donors (Lipinski definition) is 1. The molecule has 6 nitrogen and oxygen atoms in total. The maximum Gasteiger partial charge on any atom is 0.295 e. The molecule has 1 aliphatic heterocycles. The fourth-order valence-electron chi connectivity index (χ4n) is 3.75. The summed E-state index contributed by atoms with van der Waals surface area (Å²) in [6.45, 7) is 4.81. The van der Waals surface area contributed by atoms with Crippen LogP contribution in [0.25, 0.3) is 5.76 Å². The van der Waals surface area contributed by atoms with Crippen molar-refractivity contribution in [3.8, 4) is 5.75 Å². The Labute approximate surface area is 190 Å². The van der Waals surface area contributed by atoms with Crippen LogP contribution >= 0.6 is 11.3 Å². The Kier molecular flexibility index (Phi) is 6.37. The molecule has 0 aliphatic carbocycles. The molecule has 2 aromatic heterocycles. The van der Waals surface area contributed by atoms with Gasteiger partial charge in [-0.25, -0.2) is 0 Å². The normalized spacial score (nSPS) is 17.7. The van der Waals surface area contributed by atoms with Crippen molar-refractivity contribution in [2.24, 2.45) is 0 Å². The van der Waals surface area contributed by atoms with Gasteiger partial charge in [0, 0.05) is 29.4 Å². The molecule has 32 heavy (non-hydrogen) atoms. The number of likely N-dealkylation sites (tertiary alicyclic amines) is 1. The average Bonchev–Trinajstić information content (AvgIpc) is 3.34. The summed E-state index contributed by atoms with van der Waals surface area (Å²) in [6, 6.07) is 11.8. The van der Waals surface area contributed by atoms with E-state index in [9.17, 15) is 14.7 Å². The van der Waals surface area contributed by atoms with Gasteiger partial charge in [0.25, 0.3) is 11.7 Å². The van der Waals surface area contributed by atoms with Gasteiger partial charge >= 0.3 is 0 Å². The number of amides is 1. The number of rotatable bonds is 7. The van der Waals surface area contributed by atoms with E-state index in [1.807, 2.05) is 37.4 Å². The Morgan fingerprint density at radius 2 is 1.84 bits per heavy atom. The number of carbonyl (C=O) groups excluding carboxylic acids is 2. The largest absolute Gasteiger partial charge is 0.507 e. The molecule has 7 heteroatoms. The lowest BCUT2D eigenvalue weighted by molar-refractivity contribution is -0.140. The van der Waals surface area contributed by atoms with E-state index in [0.29, 0.717) is 17.9 Å². The number of aliphatic hydroxyl groups excluding tert-OH is 1. The van der Waals surface area contributed by atoms with E-state index >= 15 is 0 Å². The third kappa shape index (κ3) is 4.16. The van der Waals surface area contributed by atoms with Crippen LogP contribution in [-0.4, -0.2) is 33.3 Å². The summed E-state index contributed by atoms with van der Waals surface area (Å²) in [4.78, 5) is 32.6. The van der Waals surface area contributed by atoms with Crippen LogP contribution in [0.3, 0.4) is 0 Å². The SMILES string of the molecule is CCCOc1ccc(/C(O)=C2/C(=O)C(=O)N(Cc3ccncc3)C2c2sccc2C)cc1. The zero-order valence-corrected chi connectivity index (χ0v) is 18.8. The predicted octanol–water partition coefficient (Wildman–Crippen LogP) is 4.86. The van der Waals surface area contributed by atoms with Gasteiger partial charge in [0.15, 0.2) is 0 Å². The van der Waals surface area contributed by atoms with Crippen LogP contribution < -0.4 is 4.74 Å². The van der Waals surface area contributed by atoms with Crippen LogP contribution in [0.4, 0.5) is 0 Å². The van der Waals surface area contributed by atoms with Gasteiger partial charge in [0.05, 0.1) is 12.2 Å². The van der Waals surface area contributed by atoms with Crippen LogP contribution in [0.15, 0.2) is 65.8 Å². The first-order valence-electron chi connectivity index (χ1n) is 10.5. The number of hydrogen-bond acceptors (Lipinski definition) is 6. The number of aromatic nitrogens is 1. The molecule has 1 unspecified atom stereocenters. The molecule has 0 saturated carbocycles. The highest BCUT2D eigenvalue weighted by Crippen LogP contribution is 2.43. The maximum absolute atomic E-state index is 13.1. The molecule has 4 rings (SSSR count). The maximum atomic E-state index is 13.1. The number of carbonyl (C=O) groups is 2. The molecule has 1 atom stereocenters. The first kappa shape index (κ1) is 21.8. The summed E-state index contributed by atoms with van der Waals surface area (Å²) in [7, 11) is 0. The zero-order valence-electron chi connectivity index (χ0n) is 17.9. The second-order valence-corrected chi connectivity index (χ2v) is 8.57. The number of aryl methyl sites for hydroxylation is 1. The van der Waals surface area contributed by atoms with Gasteiger partial charge in [0.1, 0.15) is 17.6 Å². The quantitative estimate of drug-likeness (QED) is 0.317. The van der Waals surface area contributed by atoms with Crippen molar-refractivity contribution in [1.29, 1.82) is 0 Å². The number of Topliss-reactive ketones (excluding diaryl/α,β-unsaturated/α-hetero) is 1. The summed E-state index contributed by atoms with van der Waals surface area (Å²) >= 11 is 1.47. The molecule has 1 saturated heterocycles. The van der Waals surface area contributed by atoms with Crippen molar-refractivity contribution < 1.29 is 19.4 Å². The van der Waals surface area contributed by atoms with Crippen molar-refractivity contribution in [1.82, 2.24) is 9.88 Å². The number of ether oxygens (including phenoxy) is 1. The summed E-state index contributed by atoms with van der Waals surface area (Å²) < 4.78 is 5.60. The highest BCUT2D eigenvalue weighted by molar-refractivity contribution is 7.10. The minimum absolute atomic E-state index is 0.108. The number of aliphatic hydroxyl groups is 1. The molecule has 0 spiro atoms. The zero-order chi connectivity index (χ0) is 22.7. The number of ketones is 1. The van der Waals surface area contributed by atoms with Gasteiger partial charge < -0.3 is 14.7 Å². The smallest absolute Gasteiger partial charge is 0.295 e. The highest BCUT2D eigenvalue weighted by Gasteiger charge is 2.47. The standard InChI is InChI=1S/C25H24N2O4S/c1-3-13-31-19-6-4-18(5-7-19)22(28)20-21(24-16(2)10-14-32-24)27(25(30)23(20)29)15-17-8-11-26-12-9-17/h4-12,14,21,28H,3,13,15H2,1-2H3/b22-20-. The lowest BCUT2D eigenvalue weighted by Crippen LogP contribution is -2.29. The molecule has 1 aliphatic rings. The molecule has 3 heterocycles. The topological polar surface area (TPSA) is 79.7 Å². The molecule has 0 bridgehead atoms. The van der Waals surface area contributed by atoms with Crippen molar-refractivity contribution in [3.63, 3.8) is 0 Å².